The third-order valence-corrected chi connectivity index (χ3v) is 9.38. The van der Waals surface area contributed by atoms with Gasteiger partial charge in [0.1, 0.15) is 11.5 Å². The Hall–Kier alpha value is -5.21. The average molecular weight is 772 g/mol. The molecule has 0 atom stereocenters. The molecule has 0 saturated heterocycles. The summed E-state index contributed by atoms with van der Waals surface area (Å²) in [4.78, 5) is 11.1. The number of halogens is 12. The monoisotopic (exact) mass is 772 g/mol. The minimum Gasteiger partial charge on any atom is -0.394 e. The van der Waals surface area contributed by atoms with Gasteiger partial charge in [0.05, 0.1) is 22.3 Å². The predicted octanol–water partition coefficient (Wildman–Crippen LogP) is 12.9. The lowest BCUT2D eigenvalue weighted by atomic mass is 9.84. The maximum absolute atomic E-state index is 14.5. The largest absolute Gasteiger partial charge is 0.584 e. The first-order chi connectivity index (χ1) is 24.5. The Morgan fingerprint density at radius 2 is 0.811 bits per heavy atom. The lowest BCUT2D eigenvalue weighted by Crippen LogP contribution is -2.11. The second-order valence-corrected chi connectivity index (χ2v) is 13.2. The molecule has 4 nitrogen and oxygen atoms in total. The molecule has 0 unspecified atom stereocenters. The quantitative estimate of drug-likeness (QED) is 0.141. The van der Waals surface area contributed by atoms with Crippen LogP contribution in [0.25, 0.3) is 54.9 Å². The molecular formula is C36H17F12O4P. The van der Waals surface area contributed by atoms with Crippen LogP contribution in [0.5, 0.6) is 11.5 Å². The first-order valence-electron chi connectivity index (χ1n) is 15.0. The lowest BCUT2D eigenvalue weighted by molar-refractivity contribution is -0.141. The summed E-state index contributed by atoms with van der Waals surface area (Å²) in [5.74, 6) is -1.83. The van der Waals surface area contributed by atoms with Gasteiger partial charge in [0.2, 0.25) is 0 Å². The average Bonchev–Trinajstić information content (AvgIpc) is 3.18. The number of fused-ring (bicyclic) bond motifs is 7. The van der Waals surface area contributed by atoms with Crippen molar-refractivity contribution in [1.29, 1.82) is 0 Å². The lowest BCUT2D eigenvalue weighted by Gasteiger charge is -2.22. The number of phosphoric acid groups is 1. The van der Waals surface area contributed by atoms with Gasteiger partial charge in [-0.1, -0.05) is 48.5 Å². The number of alkyl halides is 12. The van der Waals surface area contributed by atoms with E-state index in [0.29, 0.717) is 0 Å². The highest BCUT2D eigenvalue weighted by molar-refractivity contribution is 7.48. The van der Waals surface area contributed by atoms with E-state index in [1.54, 1.807) is 0 Å². The minimum absolute atomic E-state index is 0.0147. The highest BCUT2D eigenvalue weighted by Gasteiger charge is 2.43. The first kappa shape index (κ1) is 36.2. The summed E-state index contributed by atoms with van der Waals surface area (Å²) in [5, 5.41) is 0.0860. The summed E-state index contributed by atoms with van der Waals surface area (Å²) in [7, 11) is -5.75. The fourth-order valence-corrected chi connectivity index (χ4v) is 7.25. The van der Waals surface area contributed by atoms with Gasteiger partial charge in [0, 0.05) is 22.3 Å². The Morgan fingerprint density at radius 1 is 0.453 bits per heavy atom. The number of hydrogen-bond donors (Lipinski definition) is 1. The number of phosphoric ester groups is 1. The van der Waals surface area contributed by atoms with Gasteiger partial charge in [-0.15, -0.1) is 0 Å². The second-order valence-electron chi connectivity index (χ2n) is 11.9. The molecule has 0 bridgehead atoms. The van der Waals surface area contributed by atoms with E-state index < -0.39 is 99.7 Å². The van der Waals surface area contributed by atoms with Gasteiger partial charge in [0.15, 0.2) is 0 Å². The standard InChI is InChI=1S/C36H17F12O4P/c37-33(38,39)19-9-11-27(35(43,44)45)23(15-19)25-13-17-5-1-3-7-21(17)29-30-22-8-4-2-6-18(22)14-26(32(30)52-53(49,50)51-31(25)29)24-16-20(34(40,41)42)10-12-28(24)36(46,47)48/h1-16H,(H,49,50). The molecule has 53 heavy (non-hydrogen) atoms. The van der Waals surface area contributed by atoms with E-state index in [4.69, 9.17) is 9.05 Å². The fourth-order valence-electron chi connectivity index (χ4n) is 6.37. The Bertz CT molecular complexity index is 2350. The SMILES string of the molecule is O=P1(O)Oc2c(-c3cc(C(F)(F)F)ccc3C(F)(F)F)cc3ccccc3c2-c2c(c(-c3cc(C(F)(F)F)ccc3C(F)(F)F)cc3ccccc23)O1. The molecule has 6 aromatic carbocycles. The van der Waals surface area contributed by atoms with E-state index in [-0.39, 0.29) is 57.9 Å². The normalized spacial score (nSPS) is 14.7. The molecule has 0 fully saturated rings. The van der Waals surface area contributed by atoms with E-state index in [0.717, 1.165) is 12.1 Å². The molecule has 274 valence electrons. The summed E-state index contributed by atoms with van der Waals surface area (Å²) in [6.45, 7) is 0. The van der Waals surface area contributed by atoms with Crippen molar-refractivity contribution in [1.82, 2.24) is 0 Å². The summed E-state index contributed by atoms with van der Waals surface area (Å²) < 4.78 is 195. The third-order valence-electron chi connectivity index (χ3n) is 8.55. The van der Waals surface area contributed by atoms with Crippen molar-refractivity contribution in [3.63, 3.8) is 0 Å². The van der Waals surface area contributed by atoms with E-state index in [2.05, 4.69) is 0 Å². The number of rotatable bonds is 2. The molecule has 17 heteroatoms. The van der Waals surface area contributed by atoms with Crippen molar-refractivity contribution in [2.75, 3.05) is 0 Å². The summed E-state index contributed by atoms with van der Waals surface area (Å²) in [5.41, 5.74) is -10.9. The number of hydrogen-bond acceptors (Lipinski definition) is 3. The smallest absolute Gasteiger partial charge is 0.394 e. The van der Waals surface area contributed by atoms with Crippen LogP contribution in [0.3, 0.4) is 0 Å². The maximum Gasteiger partial charge on any atom is 0.584 e. The fraction of sp³-hybridized carbons (Fsp3) is 0.111. The molecule has 0 radical (unpaired) electrons. The minimum atomic E-state index is -5.75. The number of benzene rings is 6. The van der Waals surface area contributed by atoms with Crippen LogP contribution in [0.15, 0.2) is 97.1 Å². The molecule has 0 spiro atoms. The zero-order valence-electron chi connectivity index (χ0n) is 25.9. The van der Waals surface area contributed by atoms with Crippen LogP contribution in [0.2, 0.25) is 0 Å². The third kappa shape index (κ3) is 6.43. The second kappa shape index (κ2) is 11.9. The summed E-state index contributed by atoms with van der Waals surface area (Å²) in [6.07, 6.45) is -20.9. The molecule has 6 aromatic rings. The highest BCUT2D eigenvalue weighted by atomic mass is 31.2. The molecule has 1 heterocycles. The molecular weight excluding hydrogens is 755 g/mol. The van der Waals surface area contributed by atoms with Crippen molar-refractivity contribution in [2.45, 2.75) is 24.7 Å². The molecule has 1 aliphatic rings. The first-order valence-corrected chi connectivity index (χ1v) is 16.5. The predicted molar refractivity (Wildman–Crippen MR) is 169 cm³/mol. The van der Waals surface area contributed by atoms with Crippen LogP contribution < -0.4 is 9.05 Å². The zero-order valence-corrected chi connectivity index (χ0v) is 26.8. The van der Waals surface area contributed by atoms with Crippen LogP contribution in [-0.4, -0.2) is 4.89 Å². The Kier molecular flexibility index (Phi) is 8.12. The molecule has 0 amide bonds. The molecule has 1 aliphatic heterocycles. The molecule has 0 saturated carbocycles. The molecule has 7 rings (SSSR count). The van der Waals surface area contributed by atoms with Crippen LogP contribution in [0.1, 0.15) is 22.3 Å². The zero-order chi connectivity index (χ0) is 38.5. The van der Waals surface area contributed by atoms with Crippen LogP contribution in [0.4, 0.5) is 52.7 Å². The van der Waals surface area contributed by atoms with Gasteiger partial charge in [-0.05, 0) is 81.2 Å². The van der Waals surface area contributed by atoms with Crippen molar-refractivity contribution >= 4 is 29.4 Å². The van der Waals surface area contributed by atoms with Gasteiger partial charge < -0.3 is 9.05 Å². The highest BCUT2D eigenvalue weighted by Crippen LogP contribution is 2.62. The van der Waals surface area contributed by atoms with Crippen LogP contribution in [0, 0.1) is 0 Å². The van der Waals surface area contributed by atoms with Gasteiger partial charge in [-0.2, -0.15) is 52.7 Å². The van der Waals surface area contributed by atoms with Crippen LogP contribution >= 0.6 is 7.82 Å². The Labute approximate surface area is 289 Å². The Morgan fingerprint density at radius 3 is 1.15 bits per heavy atom. The van der Waals surface area contributed by atoms with Gasteiger partial charge in [-0.3, -0.25) is 4.89 Å². The van der Waals surface area contributed by atoms with Crippen molar-refractivity contribution in [2.24, 2.45) is 0 Å². The van der Waals surface area contributed by atoms with Crippen LogP contribution in [-0.2, 0) is 29.3 Å². The molecule has 0 aliphatic carbocycles. The molecule has 0 aromatic heterocycles. The van der Waals surface area contributed by atoms with E-state index in [9.17, 15) is 62.1 Å². The Balaban J connectivity index is 1.71. The van der Waals surface area contributed by atoms with Crippen molar-refractivity contribution < 1.29 is 71.2 Å². The topological polar surface area (TPSA) is 55.8 Å². The van der Waals surface area contributed by atoms with E-state index >= 15 is 0 Å². The summed E-state index contributed by atoms with van der Waals surface area (Å²) in [6, 6.07) is 14.0. The van der Waals surface area contributed by atoms with Gasteiger partial charge >= 0.3 is 32.5 Å². The maximum atomic E-state index is 14.5. The van der Waals surface area contributed by atoms with Crippen molar-refractivity contribution in [3.8, 4) is 44.9 Å². The van der Waals surface area contributed by atoms with Crippen molar-refractivity contribution in [3.05, 3.63) is 119 Å². The van der Waals surface area contributed by atoms with E-state index in [1.165, 1.54) is 48.5 Å². The summed E-state index contributed by atoms with van der Waals surface area (Å²) >= 11 is 0. The van der Waals surface area contributed by atoms with Gasteiger partial charge in [0.25, 0.3) is 0 Å². The van der Waals surface area contributed by atoms with Gasteiger partial charge in [-0.25, -0.2) is 4.57 Å². The molecule has 1 N–H and O–H groups in total. The van der Waals surface area contributed by atoms with E-state index in [1.807, 2.05) is 0 Å².